The third kappa shape index (κ3) is 7.73. The van der Waals surface area contributed by atoms with Gasteiger partial charge in [-0.25, -0.2) is 0 Å². The molecule has 5 nitrogen and oxygen atoms in total. The van der Waals surface area contributed by atoms with Gasteiger partial charge in [0.2, 0.25) is 5.91 Å². The molecule has 1 amide bonds. The van der Waals surface area contributed by atoms with Gasteiger partial charge in [0.1, 0.15) is 6.04 Å². The normalized spacial score (nSPS) is 13.0. The summed E-state index contributed by atoms with van der Waals surface area (Å²) in [5.41, 5.74) is 1.77. The molecule has 0 aromatic heterocycles. The van der Waals surface area contributed by atoms with Crippen molar-refractivity contribution in [2.24, 2.45) is 0 Å². The molecule has 0 fully saturated rings. The van der Waals surface area contributed by atoms with Crippen molar-refractivity contribution in [3.63, 3.8) is 0 Å². The zero-order valence-electron chi connectivity index (χ0n) is 21.3. The number of amides is 1. The minimum Gasteiger partial charge on any atom is -0.490 e. The molecule has 0 aliphatic carbocycles. The van der Waals surface area contributed by atoms with E-state index in [1.165, 1.54) is 12.1 Å². The van der Waals surface area contributed by atoms with E-state index in [9.17, 15) is 18.0 Å². The molecule has 3 aromatic rings. The highest BCUT2D eigenvalue weighted by Crippen LogP contribution is 2.34. The van der Waals surface area contributed by atoms with Crippen LogP contribution in [0.1, 0.15) is 54.6 Å². The topological polar surface area (TPSA) is 59.6 Å². The lowest BCUT2D eigenvalue weighted by Crippen LogP contribution is -2.38. The fourth-order valence-corrected chi connectivity index (χ4v) is 4.12. The molecule has 0 saturated carbocycles. The molecule has 2 atom stereocenters. The molecule has 0 heterocycles. The van der Waals surface area contributed by atoms with Crippen LogP contribution in [0.5, 0.6) is 11.5 Å². The zero-order valence-corrected chi connectivity index (χ0v) is 21.3. The summed E-state index contributed by atoms with van der Waals surface area (Å²) in [5.74, 6) is 1.03. The molecule has 0 saturated heterocycles. The molecule has 0 radical (unpaired) electrons. The lowest BCUT2D eigenvalue weighted by molar-refractivity contribution is -0.137. The second-order valence-corrected chi connectivity index (χ2v) is 8.48. The highest BCUT2D eigenvalue weighted by Gasteiger charge is 2.30. The maximum Gasteiger partial charge on any atom is 0.416 e. The first-order chi connectivity index (χ1) is 17.8. The Balaban J connectivity index is 1.93. The van der Waals surface area contributed by atoms with Crippen LogP contribution in [0.3, 0.4) is 0 Å². The number of halogens is 3. The van der Waals surface area contributed by atoms with Crippen LogP contribution in [-0.2, 0) is 17.4 Å². The Labute approximate surface area is 216 Å². The average molecular weight is 515 g/mol. The summed E-state index contributed by atoms with van der Waals surface area (Å²) in [6, 6.07) is 19.3. The molecular weight excluding hydrogens is 481 g/mol. The monoisotopic (exact) mass is 514 g/mol. The fraction of sp³-hybridized carbons (Fsp3) is 0.345. The third-order valence-electron chi connectivity index (χ3n) is 5.98. The van der Waals surface area contributed by atoms with Gasteiger partial charge in [-0.3, -0.25) is 10.1 Å². The Bertz CT molecular complexity index is 1140. The Morgan fingerprint density at radius 3 is 2.11 bits per heavy atom. The van der Waals surface area contributed by atoms with E-state index < -0.39 is 17.8 Å². The molecule has 0 bridgehead atoms. The number of carbonyl (C=O) groups is 1. The van der Waals surface area contributed by atoms with Crippen molar-refractivity contribution in [3.8, 4) is 11.5 Å². The van der Waals surface area contributed by atoms with Crippen LogP contribution in [-0.4, -0.2) is 26.2 Å². The maximum atomic E-state index is 13.0. The number of aryl methyl sites for hydroxylation is 1. The maximum absolute atomic E-state index is 13.0. The number of likely N-dealkylation sites (N-methyl/N-ethyl adjacent to an activating group) is 1. The van der Waals surface area contributed by atoms with Gasteiger partial charge in [0.25, 0.3) is 0 Å². The lowest BCUT2D eigenvalue weighted by atomic mass is 9.95. The minimum atomic E-state index is -4.38. The van der Waals surface area contributed by atoms with Gasteiger partial charge in [-0.2, -0.15) is 13.2 Å². The van der Waals surface area contributed by atoms with Crippen molar-refractivity contribution in [1.82, 2.24) is 10.6 Å². The van der Waals surface area contributed by atoms with Crippen molar-refractivity contribution >= 4 is 5.91 Å². The smallest absolute Gasteiger partial charge is 0.416 e. The fourth-order valence-electron chi connectivity index (χ4n) is 4.12. The van der Waals surface area contributed by atoms with Gasteiger partial charge in [0.05, 0.1) is 18.8 Å². The quantitative estimate of drug-likeness (QED) is 0.300. The van der Waals surface area contributed by atoms with E-state index in [1.54, 1.807) is 7.05 Å². The first kappa shape index (κ1) is 28.1. The standard InChI is InChI=1S/C29H33F3N2O3/c1-4-36-25-18-14-22(19-26(25)37-5-2)24(17-13-20-11-15-23(16-12-20)29(30,31)32)34-27(28(35)33-3)21-9-7-6-8-10-21/h6-12,14-16,18-19,24,27,34H,4-5,13,17H2,1-3H3,(H,33,35)/t24-,27?/m1/s1. The molecule has 2 N–H and O–H groups in total. The minimum absolute atomic E-state index is 0.193. The van der Waals surface area contributed by atoms with Gasteiger partial charge in [0, 0.05) is 13.1 Å². The number of ether oxygens (including phenoxy) is 2. The number of rotatable bonds is 12. The van der Waals surface area contributed by atoms with Crippen LogP contribution in [0.2, 0.25) is 0 Å². The summed E-state index contributed by atoms with van der Waals surface area (Å²) in [6.07, 6.45) is -3.34. The Morgan fingerprint density at radius 1 is 0.865 bits per heavy atom. The largest absolute Gasteiger partial charge is 0.490 e. The highest BCUT2D eigenvalue weighted by atomic mass is 19.4. The van der Waals surface area contributed by atoms with Crippen LogP contribution in [0.15, 0.2) is 72.8 Å². The van der Waals surface area contributed by atoms with Crippen LogP contribution in [0.25, 0.3) is 0 Å². The number of carbonyl (C=O) groups excluding carboxylic acids is 1. The SMILES string of the molecule is CCOc1ccc([C@@H](CCc2ccc(C(F)(F)F)cc2)NC(C(=O)NC)c2ccccc2)cc1OCC. The van der Waals surface area contributed by atoms with Gasteiger partial charge in [0.15, 0.2) is 11.5 Å². The molecular formula is C29H33F3N2O3. The molecule has 0 aliphatic heterocycles. The Morgan fingerprint density at radius 2 is 1.51 bits per heavy atom. The Kier molecular flexibility index (Phi) is 9.97. The summed E-state index contributed by atoms with van der Waals surface area (Å²) in [5, 5.41) is 6.20. The predicted octanol–water partition coefficient (Wildman–Crippen LogP) is 6.25. The van der Waals surface area contributed by atoms with E-state index in [1.807, 2.05) is 62.4 Å². The van der Waals surface area contributed by atoms with Crippen molar-refractivity contribution in [2.75, 3.05) is 20.3 Å². The lowest BCUT2D eigenvalue weighted by Gasteiger charge is -2.26. The molecule has 198 valence electrons. The third-order valence-corrected chi connectivity index (χ3v) is 5.98. The van der Waals surface area contributed by atoms with E-state index in [2.05, 4.69) is 10.6 Å². The summed E-state index contributed by atoms with van der Waals surface area (Å²) in [6.45, 7) is 4.73. The van der Waals surface area contributed by atoms with E-state index in [0.717, 1.165) is 28.8 Å². The molecule has 3 rings (SSSR count). The predicted molar refractivity (Wildman–Crippen MR) is 138 cm³/mol. The first-order valence-corrected chi connectivity index (χ1v) is 12.3. The van der Waals surface area contributed by atoms with Gasteiger partial charge in [-0.05, 0) is 67.6 Å². The molecule has 3 aromatic carbocycles. The number of benzene rings is 3. The second kappa shape index (κ2) is 13.1. The van der Waals surface area contributed by atoms with Gasteiger partial charge in [-0.1, -0.05) is 48.5 Å². The van der Waals surface area contributed by atoms with Crippen LogP contribution >= 0.6 is 0 Å². The van der Waals surface area contributed by atoms with Crippen LogP contribution in [0, 0.1) is 0 Å². The van der Waals surface area contributed by atoms with Crippen molar-refractivity contribution in [1.29, 1.82) is 0 Å². The summed E-state index contributed by atoms with van der Waals surface area (Å²) < 4.78 is 50.5. The summed E-state index contributed by atoms with van der Waals surface area (Å²) in [7, 11) is 1.58. The number of nitrogens with one attached hydrogen (secondary N) is 2. The van der Waals surface area contributed by atoms with Crippen LogP contribution < -0.4 is 20.1 Å². The second-order valence-electron chi connectivity index (χ2n) is 8.48. The Hall–Kier alpha value is -3.52. The van der Waals surface area contributed by atoms with Gasteiger partial charge in [-0.15, -0.1) is 0 Å². The van der Waals surface area contributed by atoms with Crippen molar-refractivity contribution in [3.05, 3.63) is 95.1 Å². The average Bonchev–Trinajstić information content (AvgIpc) is 2.90. The van der Waals surface area contributed by atoms with Gasteiger partial charge >= 0.3 is 6.18 Å². The molecule has 37 heavy (non-hydrogen) atoms. The number of alkyl halides is 3. The van der Waals surface area contributed by atoms with Gasteiger partial charge < -0.3 is 14.8 Å². The van der Waals surface area contributed by atoms with Crippen molar-refractivity contribution < 1.29 is 27.4 Å². The van der Waals surface area contributed by atoms with Crippen molar-refractivity contribution in [2.45, 2.75) is 44.9 Å². The molecule has 0 aliphatic rings. The van der Waals surface area contributed by atoms with E-state index >= 15 is 0 Å². The van der Waals surface area contributed by atoms with E-state index in [4.69, 9.17) is 9.47 Å². The summed E-state index contributed by atoms with van der Waals surface area (Å²) in [4.78, 5) is 12.9. The molecule has 0 spiro atoms. The molecule has 8 heteroatoms. The summed E-state index contributed by atoms with van der Waals surface area (Å²) >= 11 is 0. The highest BCUT2D eigenvalue weighted by molar-refractivity contribution is 5.83. The van der Waals surface area contributed by atoms with Crippen LogP contribution in [0.4, 0.5) is 13.2 Å². The molecule has 1 unspecified atom stereocenters. The van der Waals surface area contributed by atoms with E-state index in [-0.39, 0.29) is 11.9 Å². The van der Waals surface area contributed by atoms with E-state index in [0.29, 0.717) is 37.6 Å². The zero-order chi connectivity index (χ0) is 26.8. The number of hydrogen-bond donors (Lipinski definition) is 2. The first-order valence-electron chi connectivity index (χ1n) is 12.3. The number of hydrogen-bond acceptors (Lipinski definition) is 4.